The maximum atomic E-state index is 11.5. The molecule has 1 fully saturated rings. The van der Waals surface area contributed by atoms with E-state index in [-0.39, 0.29) is 18.4 Å². The number of hydroxylamine groups is 1. The molecule has 1 saturated heterocycles. The molecule has 0 unspecified atom stereocenters. The van der Waals surface area contributed by atoms with Crippen LogP contribution in [0.15, 0.2) is 0 Å². The van der Waals surface area contributed by atoms with Gasteiger partial charge in [0.05, 0.1) is 6.04 Å². The largest absolute Gasteiger partial charge is 0.341 e. The van der Waals surface area contributed by atoms with Crippen LogP contribution in [0.4, 0.5) is 0 Å². The van der Waals surface area contributed by atoms with E-state index in [0.29, 0.717) is 6.42 Å². The van der Waals surface area contributed by atoms with Crippen LogP contribution in [0.3, 0.4) is 0 Å². The lowest BCUT2D eigenvalue weighted by atomic mass is 10.1. The molecule has 2 atom stereocenters. The summed E-state index contributed by atoms with van der Waals surface area (Å²) in [5.74, 6) is -0.625. The summed E-state index contributed by atoms with van der Waals surface area (Å²) >= 11 is 0. The maximum Gasteiger partial charge on any atom is 0.268 e. The van der Waals surface area contributed by atoms with Gasteiger partial charge in [-0.1, -0.05) is 19.8 Å². The van der Waals surface area contributed by atoms with Crippen molar-refractivity contribution in [1.82, 2.24) is 10.8 Å². The molecule has 0 radical (unpaired) electrons. The molecule has 0 aromatic rings. The fourth-order valence-electron chi connectivity index (χ4n) is 1.28. The van der Waals surface area contributed by atoms with Gasteiger partial charge in [0.15, 0.2) is 0 Å². The monoisotopic (exact) mass is 215 g/mol. The SMILES string of the molecule is CCCC[C@H](N)C(=O)N[C@@H]1CONC1=O. The second kappa shape index (κ2) is 5.67. The summed E-state index contributed by atoms with van der Waals surface area (Å²) in [5.41, 5.74) is 7.80. The first-order chi connectivity index (χ1) is 7.15. The van der Waals surface area contributed by atoms with Crippen LogP contribution in [0.25, 0.3) is 0 Å². The van der Waals surface area contributed by atoms with E-state index < -0.39 is 12.1 Å². The molecule has 15 heavy (non-hydrogen) atoms. The Bertz CT molecular complexity index is 245. The third-order valence-electron chi connectivity index (χ3n) is 2.26. The minimum atomic E-state index is -0.606. The molecular formula is C9H17N3O3. The highest BCUT2D eigenvalue weighted by Crippen LogP contribution is 2.00. The zero-order valence-electron chi connectivity index (χ0n) is 8.79. The first-order valence-corrected chi connectivity index (χ1v) is 5.12. The van der Waals surface area contributed by atoms with Crippen molar-refractivity contribution < 1.29 is 14.4 Å². The fraction of sp³-hybridized carbons (Fsp3) is 0.778. The first kappa shape index (κ1) is 11.9. The van der Waals surface area contributed by atoms with E-state index in [1.807, 2.05) is 6.92 Å². The standard InChI is InChI=1S/C9H17N3O3/c1-2-3-4-6(10)8(13)11-7-5-15-12-9(7)14/h6-7H,2-5,10H2,1H3,(H,11,13)(H,12,14)/t6-,7+/m0/s1. The summed E-state index contributed by atoms with van der Waals surface area (Å²) < 4.78 is 0. The van der Waals surface area contributed by atoms with Gasteiger partial charge in [-0.05, 0) is 6.42 Å². The van der Waals surface area contributed by atoms with Gasteiger partial charge in [0.2, 0.25) is 5.91 Å². The van der Waals surface area contributed by atoms with E-state index in [4.69, 9.17) is 5.73 Å². The molecule has 86 valence electrons. The number of carbonyl (C=O) groups excluding carboxylic acids is 2. The van der Waals surface area contributed by atoms with Gasteiger partial charge in [-0.25, -0.2) is 5.48 Å². The molecule has 0 saturated carbocycles. The van der Waals surface area contributed by atoms with Crippen LogP contribution in [0.5, 0.6) is 0 Å². The highest BCUT2D eigenvalue weighted by Gasteiger charge is 2.28. The minimum absolute atomic E-state index is 0.158. The van der Waals surface area contributed by atoms with E-state index in [2.05, 4.69) is 15.6 Å². The molecule has 0 aliphatic carbocycles. The van der Waals surface area contributed by atoms with Crippen LogP contribution >= 0.6 is 0 Å². The van der Waals surface area contributed by atoms with E-state index in [1.165, 1.54) is 0 Å². The Hall–Kier alpha value is -1.14. The number of rotatable bonds is 5. The van der Waals surface area contributed by atoms with Gasteiger partial charge in [0, 0.05) is 0 Å². The highest BCUT2D eigenvalue weighted by atomic mass is 16.7. The lowest BCUT2D eigenvalue weighted by Crippen LogP contribution is -2.48. The van der Waals surface area contributed by atoms with Crippen LogP contribution < -0.4 is 16.5 Å². The average molecular weight is 215 g/mol. The van der Waals surface area contributed by atoms with Gasteiger partial charge in [-0.15, -0.1) is 0 Å². The number of amides is 2. The number of unbranched alkanes of at least 4 members (excludes halogenated alkanes) is 1. The van der Waals surface area contributed by atoms with E-state index in [9.17, 15) is 9.59 Å². The zero-order valence-corrected chi connectivity index (χ0v) is 8.79. The van der Waals surface area contributed by atoms with Crippen molar-refractivity contribution in [2.45, 2.75) is 38.3 Å². The Morgan fingerprint density at radius 1 is 1.80 bits per heavy atom. The topological polar surface area (TPSA) is 93.5 Å². The molecule has 0 spiro atoms. The number of carbonyl (C=O) groups is 2. The molecule has 1 aliphatic rings. The molecule has 1 rings (SSSR count). The van der Waals surface area contributed by atoms with Crippen molar-refractivity contribution in [3.63, 3.8) is 0 Å². The fourth-order valence-corrected chi connectivity index (χ4v) is 1.28. The predicted octanol–water partition coefficient (Wildman–Crippen LogP) is -0.950. The van der Waals surface area contributed by atoms with Crippen molar-refractivity contribution in [3.05, 3.63) is 0 Å². The number of nitrogens with one attached hydrogen (secondary N) is 2. The second-order valence-electron chi connectivity index (χ2n) is 3.59. The predicted molar refractivity (Wildman–Crippen MR) is 53.5 cm³/mol. The normalized spacial score (nSPS) is 22.3. The van der Waals surface area contributed by atoms with E-state index in [0.717, 1.165) is 12.8 Å². The van der Waals surface area contributed by atoms with Gasteiger partial charge in [0.1, 0.15) is 12.6 Å². The maximum absolute atomic E-state index is 11.5. The Kier molecular flexibility index (Phi) is 4.51. The molecule has 0 bridgehead atoms. The quantitative estimate of drug-likeness (QED) is 0.551. The van der Waals surface area contributed by atoms with Crippen LogP contribution in [0.2, 0.25) is 0 Å². The molecule has 1 aliphatic heterocycles. The van der Waals surface area contributed by atoms with Crippen molar-refractivity contribution in [1.29, 1.82) is 0 Å². The van der Waals surface area contributed by atoms with Crippen molar-refractivity contribution in [2.75, 3.05) is 6.61 Å². The third kappa shape index (κ3) is 3.49. The van der Waals surface area contributed by atoms with Crippen LogP contribution in [-0.2, 0) is 14.4 Å². The number of hydrogen-bond donors (Lipinski definition) is 3. The summed E-state index contributed by atoms with van der Waals surface area (Å²) in [4.78, 5) is 27.2. The van der Waals surface area contributed by atoms with Crippen LogP contribution in [0.1, 0.15) is 26.2 Å². The molecule has 6 nitrogen and oxygen atoms in total. The Balaban J connectivity index is 2.31. The average Bonchev–Trinajstić information content (AvgIpc) is 2.61. The van der Waals surface area contributed by atoms with Gasteiger partial charge >= 0.3 is 0 Å². The van der Waals surface area contributed by atoms with Crippen molar-refractivity contribution in [3.8, 4) is 0 Å². The number of hydrogen-bond acceptors (Lipinski definition) is 4. The molecule has 0 aromatic carbocycles. The summed E-state index contributed by atoms with van der Waals surface area (Å²) in [6.07, 6.45) is 2.54. The lowest BCUT2D eigenvalue weighted by Gasteiger charge is -2.13. The first-order valence-electron chi connectivity index (χ1n) is 5.12. The second-order valence-corrected chi connectivity index (χ2v) is 3.59. The number of nitrogens with two attached hydrogens (primary N) is 1. The lowest BCUT2D eigenvalue weighted by molar-refractivity contribution is -0.129. The van der Waals surface area contributed by atoms with Gasteiger partial charge in [0.25, 0.3) is 5.91 Å². The molecule has 1 heterocycles. The Morgan fingerprint density at radius 3 is 3.07 bits per heavy atom. The smallest absolute Gasteiger partial charge is 0.268 e. The van der Waals surface area contributed by atoms with E-state index >= 15 is 0 Å². The van der Waals surface area contributed by atoms with E-state index in [1.54, 1.807) is 0 Å². The van der Waals surface area contributed by atoms with Gasteiger partial charge < -0.3 is 11.1 Å². The highest BCUT2D eigenvalue weighted by molar-refractivity contribution is 5.90. The van der Waals surface area contributed by atoms with Crippen molar-refractivity contribution in [2.24, 2.45) is 5.73 Å². The van der Waals surface area contributed by atoms with Crippen LogP contribution in [-0.4, -0.2) is 30.5 Å². The summed E-state index contributed by atoms with van der Waals surface area (Å²) in [7, 11) is 0. The molecular weight excluding hydrogens is 198 g/mol. The van der Waals surface area contributed by atoms with Crippen molar-refractivity contribution >= 4 is 11.8 Å². The third-order valence-corrected chi connectivity index (χ3v) is 2.26. The summed E-state index contributed by atoms with van der Waals surface area (Å²) in [5, 5.41) is 2.54. The van der Waals surface area contributed by atoms with Crippen LogP contribution in [0, 0.1) is 0 Å². The van der Waals surface area contributed by atoms with Gasteiger partial charge in [-0.3, -0.25) is 14.4 Å². The molecule has 2 amide bonds. The summed E-state index contributed by atoms with van der Waals surface area (Å²) in [6.45, 7) is 2.19. The van der Waals surface area contributed by atoms with Gasteiger partial charge in [-0.2, -0.15) is 0 Å². The molecule has 4 N–H and O–H groups in total. The zero-order chi connectivity index (χ0) is 11.3. The Morgan fingerprint density at radius 2 is 2.53 bits per heavy atom. The Labute approximate surface area is 88.5 Å². The molecule has 0 aromatic heterocycles. The summed E-state index contributed by atoms with van der Waals surface area (Å²) in [6, 6.07) is -1.15. The minimum Gasteiger partial charge on any atom is -0.341 e. The molecule has 6 heteroatoms.